The van der Waals surface area contributed by atoms with Crippen LogP contribution in [0.3, 0.4) is 0 Å². The first-order chi connectivity index (χ1) is 8.71. The van der Waals surface area contributed by atoms with Gasteiger partial charge in [-0.3, -0.25) is 14.6 Å². The number of rotatable bonds is 4. The van der Waals surface area contributed by atoms with Crippen molar-refractivity contribution in [3.63, 3.8) is 0 Å². The number of ketones is 1. The van der Waals surface area contributed by atoms with Crippen LogP contribution in [-0.2, 0) is 4.79 Å². The molecule has 1 rings (SSSR count). The molecule has 0 fully saturated rings. The fraction of sp³-hybridized carbons (Fsp3) is 0.533. The van der Waals surface area contributed by atoms with Crippen LogP contribution >= 0.6 is 0 Å². The van der Waals surface area contributed by atoms with Crippen LogP contribution in [0.2, 0.25) is 0 Å². The lowest BCUT2D eigenvalue weighted by Crippen LogP contribution is -2.35. The zero-order chi connectivity index (χ0) is 14.6. The normalized spacial score (nSPS) is 11.5. The van der Waals surface area contributed by atoms with Gasteiger partial charge in [0.15, 0.2) is 5.78 Å². The molecule has 19 heavy (non-hydrogen) atoms. The van der Waals surface area contributed by atoms with Crippen LogP contribution < -0.4 is 5.32 Å². The maximum absolute atomic E-state index is 11.9. The Morgan fingerprint density at radius 2 is 1.89 bits per heavy atom. The summed E-state index contributed by atoms with van der Waals surface area (Å²) in [4.78, 5) is 27.8. The van der Waals surface area contributed by atoms with E-state index in [1.54, 1.807) is 12.3 Å². The molecule has 1 aromatic rings. The van der Waals surface area contributed by atoms with Crippen LogP contribution in [0.25, 0.3) is 0 Å². The molecule has 4 heteroatoms. The van der Waals surface area contributed by atoms with Gasteiger partial charge in [0.1, 0.15) is 0 Å². The fourth-order valence-corrected chi connectivity index (χ4v) is 1.41. The molecule has 0 aromatic carbocycles. The van der Waals surface area contributed by atoms with Crippen LogP contribution in [0.1, 0.15) is 56.6 Å². The third kappa shape index (κ3) is 4.47. The Balaban J connectivity index is 2.62. The third-order valence-corrected chi connectivity index (χ3v) is 2.89. The van der Waals surface area contributed by atoms with Crippen LogP contribution in [0.4, 0.5) is 0 Å². The van der Waals surface area contributed by atoms with Gasteiger partial charge in [0, 0.05) is 17.3 Å². The first kappa shape index (κ1) is 15.3. The Morgan fingerprint density at radius 3 is 2.32 bits per heavy atom. The second-order valence-electron chi connectivity index (χ2n) is 5.98. The average Bonchev–Trinajstić information content (AvgIpc) is 2.34. The smallest absolute Gasteiger partial charge is 0.253 e. The summed E-state index contributed by atoms with van der Waals surface area (Å²) in [6.45, 7) is 9.64. The number of nitrogens with zero attached hydrogens (tertiary/aromatic N) is 1. The molecule has 1 amide bonds. The van der Waals surface area contributed by atoms with E-state index in [0.29, 0.717) is 11.5 Å². The van der Waals surface area contributed by atoms with Crippen LogP contribution in [-0.4, -0.2) is 23.2 Å². The minimum absolute atomic E-state index is 0.00705. The number of hydrogen-bond acceptors (Lipinski definition) is 3. The summed E-state index contributed by atoms with van der Waals surface area (Å²) in [6, 6.07) is 3.57. The standard InChI is InChI=1S/C15H22N2O2/c1-10(2)12-7-6-11(8-16-12)14(19)17-9-13(18)15(3,4)5/h6-8,10H,9H2,1-5H3,(H,17,19). The Morgan fingerprint density at radius 1 is 1.26 bits per heavy atom. The minimum atomic E-state index is -0.437. The molecule has 0 aliphatic heterocycles. The van der Waals surface area contributed by atoms with Gasteiger partial charge in [0.25, 0.3) is 5.91 Å². The van der Waals surface area contributed by atoms with Crippen molar-refractivity contribution in [1.29, 1.82) is 0 Å². The van der Waals surface area contributed by atoms with Gasteiger partial charge in [0.05, 0.1) is 12.1 Å². The van der Waals surface area contributed by atoms with Crippen molar-refractivity contribution in [1.82, 2.24) is 10.3 Å². The molecule has 0 radical (unpaired) electrons. The fourth-order valence-electron chi connectivity index (χ4n) is 1.41. The van der Waals surface area contributed by atoms with E-state index < -0.39 is 5.41 Å². The molecule has 1 heterocycles. The molecule has 0 bridgehead atoms. The number of carbonyl (C=O) groups is 2. The van der Waals surface area contributed by atoms with E-state index >= 15 is 0 Å². The molecule has 104 valence electrons. The summed E-state index contributed by atoms with van der Waals surface area (Å²) in [5.74, 6) is 0.0765. The highest BCUT2D eigenvalue weighted by Crippen LogP contribution is 2.14. The van der Waals surface area contributed by atoms with Crippen molar-refractivity contribution in [3.8, 4) is 0 Å². The second kappa shape index (κ2) is 5.95. The zero-order valence-electron chi connectivity index (χ0n) is 12.3. The molecule has 0 saturated carbocycles. The summed E-state index contributed by atoms with van der Waals surface area (Å²) in [5, 5.41) is 2.63. The summed E-state index contributed by atoms with van der Waals surface area (Å²) < 4.78 is 0. The first-order valence-electron chi connectivity index (χ1n) is 6.49. The monoisotopic (exact) mass is 262 g/mol. The molecule has 0 saturated heterocycles. The highest BCUT2D eigenvalue weighted by atomic mass is 16.2. The number of carbonyl (C=O) groups excluding carboxylic acids is 2. The predicted octanol–water partition coefficient (Wildman–Crippen LogP) is 2.55. The van der Waals surface area contributed by atoms with E-state index in [4.69, 9.17) is 0 Å². The van der Waals surface area contributed by atoms with E-state index in [2.05, 4.69) is 10.3 Å². The van der Waals surface area contributed by atoms with E-state index in [0.717, 1.165) is 5.69 Å². The summed E-state index contributed by atoms with van der Waals surface area (Å²) in [7, 11) is 0. The van der Waals surface area contributed by atoms with E-state index in [-0.39, 0.29) is 18.2 Å². The highest BCUT2D eigenvalue weighted by Gasteiger charge is 2.21. The Labute approximate surface area is 114 Å². The largest absolute Gasteiger partial charge is 0.345 e. The maximum atomic E-state index is 11.9. The molecule has 0 spiro atoms. The topological polar surface area (TPSA) is 59.1 Å². The number of hydrogen-bond donors (Lipinski definition) is 1. The third-order valence-electron chi connectivity index (χ3n) is 2.89. The first-order valence-corrected chi connectivity index (χ1v) is 6.49. The predicted molar refractivity (Wildman–Crippen MR) is 75.1 cm³/mol. The van der Waals surface area contributed by atoms with Gasteiger partial charge in [-0.05, 0) is 18.1 Å². The van der Waals surface area contributed by atoms with Crippen molar-refractivity contribution in [3.05, 3.63) is 29.6 Å². The maximum Gasteiger partial charge on any atom is 0.253 e. The van der Waals surface area contributed by atoms with Crippen molar-refractivity contribution in [2.75, 3.05) is 6.54 Å². The SMILES string of the molecule is CC(C)c1ccc(C(=O)NCC(=O)C(C)(C)C)cn1. The molecule has 0 aliphatic carbocycles. The van der Waals surface area contributed by atoms with Crippen molar-refractivity contribution < 1.29 is 9.59 Å². The van der Waals surface area contributed by atoms with E-state index in [9.17, 15) is 9.59 Å². The number of nitrogens with one attached hydrogen (secondary N) is 1. The van der Waals surface area contributed by atoms with Crippen molar-refractivity contribution in [2.24, 2.45) is 5.41 Å². The lowest BCUT2D eigenvalue weighted by atomic mass is 9.91. The Bertz CT molecular complexity index is 456. The molecule has 1 N–H and O–H groups in total. The minimum Gasteiger partial charge on any atom is -0.345 e. The summed E-state index contributed by atoms with van der Waals surface area (Å²) in [6.07, 6.45) is 1.55. The highest BCUT2D eigenvalue weighted by molar-refractivity contribution is 5.97. The van der Waals surface area contributed by atoms with Gasteiger partial charge in [0.2, 0.25) is 0 Å². The van der Waals surface area contributed by atoms with E-state index in [1.807, 2.05) is 40.7 Å². The number of pyridine rings is 1. The van der Waals surface area contributed by atoms with Gasteiger partial charge in [-0.25, -0.2) is 0 Å². The Hall–Kier alpha value is -1.71. The van der Waals surface area contributed by atoms with E-state index in [1.165, 1.54) is 0 Å². The van der Waals surface area contributed by atoms with Gasteiger partial charge < -0.3 is 5.32 Å². The van der Waals surface area contributed by atoms with Crippen LogP contribution in [0, 0.1) is 5.41 Å². The molecule has 0 aliphatic rings. The van der Waals surface area contributed by atoms with Gasteiger partial charge in [-0.2, -0.15) is 0 Å². The van der Waals surface area contributed by atoms with Crippen molar-refractivity contribution in [2.45, 2.75) is 40.5 Å². The number of Topliss-reactive ketones (excluding diaryl/α,β-unsaturated/α-hetero) is 1. The zero-order valence-corrected chi connectivity index (χ0v) is 12.3. The van der Waals surface area contributed by atoms with Crippen LogP contribution in [0.5, 0.6) is 0 Å². The Kier molecular flexibility index (Phi) is 4.81. The van der Waals surface area contributed by atoms with Crippen molar-refractivity contribution >= 4 is 11.7 Å². The molecular weight excluding hydrogens is 240 g/mol. The molecular formula is C15H22N2O2. The average molecular weight is 262 g/mol. The summed E-state index contributed by atoms with van der Waals surface area (Å²) in [5.41, 5.74) is 0.987. The lowest BCUT2D eigenvalue weighted by molar-refractivity contribution is -0.125. The molecule has 0 atom stereocenters. The number of aromatic nitrogens is 1. The summed E-state index contributed by atoms with van der Waals surface area (Å²) >= 11 is 0. The number of amides is 1. The van der Waals surface area contributed by atoms with Gasteiger partial charge >= 0.3 is 0 Å². The molecule has 0 unspecified atom stereocenters. The second-order valence-corrected chi connectivity index (χ2v) is 5.98. The van der Waals surface area contributed by atoms with Gasteiger partial charge in [-0.1, -0.05) is 34.6 Å². The molecule has 4 nitrogen and oxygen atoms in total. The quantitative estimate of drug-likeness (QED) is 0.907. The molecule has 1 aromatic heterocycles. The lowest BCUT2D eigenvalue weighted by Gasteiger charge is -2.16. The van der Waals surface area contributed by atoms with Crippen LogP contribution in [0.15, 0.2) is 18.3 Å². The van der Waals surface area contributed by atoms with Gasteiger partial charge in [-0.15, -0.1) is 0 Å².